The van der Waals surface area contributed by atoms with Crippen molar-refractivity contribution >= 4 is 16.1 Å². The topological polar surface area (TPSA) is 116 Å². The van der Waals surface area contributed by atoms with E-state index in [2.05, 4.69) is 37.7 Å². The van der Waals surface area contributed by atoms with E-state index in [1.807, 2.05) is 0 Å². The molecule has 5 aliphatic rings. The third-order valence-electron chi connectivity index (χ3n) is 12.2. The van der Waals surface area contributed by atoms with Crippen LogP contribution < -0.4 is 10.0 Å². The smallest absolute Gasteiger partial charge is 0.328 e. The number of carbonyl (C=O) groups is 1. The maximum atomic E-state index is 12.2. The van der Waals surface area contributed by atoms with Crippen LogP contribution in [0.2, 0.25) is 0 Å². The number of carbonyl (C=O) groups excluding carboxylic acids is 1. The summed E-state index contributed by atoms with van der Waals surface area (Å²) in [6.45, 7) is 9.93. The van der Waals surface area contributed by atoms with Crippen LogP contribution >= 0.6 is 0 Å². The first-order valence-corrected chi connectivity index (χ1v) is 16.6. The van der Waals surface area contributed by atoms with E-state index >= 15 is 0 Å². The molecule has 5 aliphatic carbocycles. The van der Waals surface area contributed by atoms with Gasteiger partial charge in [0.05, 0.1) is 17.5 Å². The fourth-order valence-electron chi connectivity index (χ4n) is 10.2. The summed E-state index contributed by atoms with van der Waals surface area (Å²) in [6.07, 6.45) is 10.1. The molecule has 8 heteroatoms. The Balaban J connectivity index is 1.25. The van der Waals surface area contributed by atoms with Crippen molar-refractivity contribution in [1.29, 1.82) is 0 Å². The number of aliphatic hydroxyl groups is 2. The highest BCUT2D eigenvalue weighted by Crippen LogP contribution is 2.69. The van der Waals surface area contributed by atoms with E-state index in [4.69, 9.17) is 0 Å². The summed E-state index contributed by atoms with van der Waals surface area (Å²) >= 11 is 0. The monoisotopic (exact) mass is 538 g/mol. The molecule has 37 heavy (non-hydrogen) atoms. The predicted molar refractivity (Wildman–Crippen MR) is 144 cm³/mol. The first-order chi connectivity index (χ1) is 17.4. The van der Waals surface area contributed by atoms with Gasteiger partial charge in [-0.1, -0.05) is 34.1 Å². The minimum absolute atomic E-state index is 0.189. The quantitative estimate of drug-likeness (QED) is 0.383. The Bertz CT molecular complexity index is 969. The second kappa shape index (κ2) is 9.96. The van der Waals surface area contributed by atoms with Crippen LogP contribution in [0.4, 0.5) is 4.79 Å². The van der Waals surface area contributed by atoms with Crippen LogP contribution in [0.25, 0.3) is 0 Å². The van der Waals surface area contributed by atoms with Crippen LogP contribution in [0.15, 0.2) is 0 Å². The first kappa shape index (κ1) is 27.7. The summed E-state index contributed by atoms with van der Waals surface area (Å²) in [4.78, 5) is 12.2. The van der Waals surface area contributed by atoms with Crippen molar-refractivity contribution in [3.05, 3.63) is 0 Å². The maximum Gasteiger partial charge on any atom is 0.328 e. The largest absolute Gasteiger partial charge is 0.393 e. The summed E-state index contributed by atoms with van der Waals surface area (Å²) < 4.78 is 26.2. The predicted octanol–water partition coefficient (Wildman–Crippen LogP) is 4.43. The summed E-state index contributed by atoms with van der Waals surface area (Å²) in [5.41, 5.74) is 0.404. The van der Waals surface area contributed by atoms with E-state index in [-0.39, 0.29) is 29.0 Å². The zero-order valence-corrected chi connectivity index (χ0v) is 24.1. The fourth-order valence-corrected chi connectivity index (χ4v) is 11.4. The molecule has 0 saturated heterocycles. The normalized spacial score (nSPS) is 46.3. The molecule has 0 aromatic heterocycles. The average molecular weight is 539 g/mol. The van der Waals surface area contributed by atoms with Crippen LogP contribution in [-0.2, 0) is 10.0 Å². The second-order valence-electron chi connectivity index (χ2n) is 14.0. The van der Waals surface area contributed by atoms with Gasteiger partial charge in [-0.05, 0) is 116 Å². The molecule has 11 atom stereocenters. The minimum Gasteiger partial charge on any atom is -0.393 e. The molecule has 0 aromatic carbocycles. The van der Waals surface area contributed by atoms with Gasteiger partial charge in [0.2, 0.25) is 10.0 Å². The molecule has 0 heterocycles. The van der Waals surface area contributed by atoms with Crippen molar-refractivity contribution in [1.82, 2.24) is 10.0 Å². The molecule has 0 unspecified atom stereocenters. The van der Waals surface area contributed by atoms with Crippen molar-refractivity contribution < 1.29 is 23.4 Å². The number of hydrogen-bond acceptors (Lipinski definition) is 5. The molecule has 5 rings (SSSR count). The van der Waals surface area contributed by atoms with Gasteiger partial charge in [0.15, 0.2) is 0 Å². The lowest BCUT2D eigenvalue weighted by Gasteiger charge is -2.64. The Morgan fingerprint density at radius 3 is 2.32 bits per heavy atom. The molecule has 4 N–H and O–H groups in total. The van der Waals surface area contributed by atoms with E-state index < -0.39 is 21.3 Å². The highest BCUT2D eigenvalue weighted by Gasteiger charge is 2.64. The molecule has 5 fully saturated rings. The van der Waals surface area contributed by atoms with Crippen LogP contribution in [-0.4, -0.2) is 48.7 Å². The summed E-state index contributed by atoms with van der Waals surface area (Å²) in [5, 5.41) is 24.7. The van der Waals surface area contributed by atoms with Crippen molar-refractivity contribution in [3.8, 4) is 0 Å². The molecular weight excluding hydrogens is 488 g/mol. The molecule has 0 aromatic rings. The summed E-state index contributed by atoms with van der Waals surface area (Å²) in [7, 11) is -3.52. The number of nitrogens with one attached hydrogen (secondary N) is 2. The molecule has 0 aliphatic heterocycles. The first-order valence-electron chi connectivity index (χ1n) is 15.1. The minimum atomic E-state index is -3.52. The number of rotatable bonds is 7. The fraction of sp³-hybridized carbons (Fsp3) is 0.966. The van der Waals surface area contributed by atoms with Gasteiger partial charge < -0.3 is 15.5 Å². The van der Waals surface area contributed by atoms with Gasteiger partial charge in [0, 0.05) is 6.54 Å². The van der Waals surface area contributed by atoms with E-state index in [1.165, 1.54) is 6.42 Å². The molecule has 2 amide bonds. The van der Waals surface area contributed by atoms with Crippen LogP contribution in [0, 0.1) is 52.3 Å². The van der Waals surface area contributed by atoms with Gasteiger partial charge in [-0.25, -0.2) is 17.9 Å². The lowest BCUT2D eigenvalue weighted by atomic mass is 9.41. The third kappa shape index (κ3) is 4.75. The number of aliphatic hydroxyl groups excluding tert-OH is 2. The highest BCUT2D eigenvalue weighted by molar-refractivity contribution is 7.90. The maximum absolute atomic E-state index is 12.2. The molecule has 212 valence electrons. The third-order valence-corrected chi connectivity index (χ3v) is 14.1. The molecule has 0 bridgehead atoms. The zero-order chi connectivity index (χ0) is 26.8. The van der Waals surface area contributed by atoms with Crippen LogP contribution in [0.1, 0.15) is 98.3 Å². The zero-order valence-electron chi connectivity index (χ0n) is 23.3. The molecule has 0 radical (unpaired) electrons. The number of urea groups is 1. The van der Waals surface area contributed by atoms with E-state index in [1.54, 1.807) is 0 Å². The van der Waals surface area contributed by atoms with E-state index in [0.717, 1.165) is 51.4 Å². The Kier molecular flexibility index (Phi) is 7.45. The van der Waals surface area contributed by atoms with Crippen LogP contribution in [0.3, 0.4) is 0 Å². The Morgan fingerprint density at radius 1 is 0.973 bits per heavy atom. The standard InChI is InChI=1S/C29H50N2O5S/c1-5-20-24-16-18(32)10-13-29(24,4)23-11-14-28(3)21(8-9-22(28)25(23)26(20)33)17(2)12-15-30-27(34)31-37(35,36)19-6-7-19/h17-26,32-33H,5-16H2,1-4H3,(H2,30,31,34)/t17-,18-,20-,21-,22+,23+,24+,25+,26-,28-,29-/m1/s1. The van der Waals surface area contributed by atoms with Gasteiger partial charge in [-0.2, -0.15) is 0 Å². The van der Waals surface area contributed by atoms with Crippen molar-refractivity contribution in [2.45, 2.75) is 116 Å². The lowest BCUT2D eigenvalue weighted by molar-refractivity contribution is -0.203. The summed E-state index contributed by atoms with van der Waals surface area (Å²) in [5.74, 6) is 3.05. The van der Waals surface area contributed by atoms with E-state index in [9.17, 15) is 23.4 Å². The number of sulfonamides is 1. The van der Waals surface area contributed by atoms with Gasteiger partial charge in [0.1, 0.15) is 0 Å². The molecular formula is C29H50N2O5S. The number of hydrogen-bond donors (Lipinski definition) is 4. The Labute approximate surface area is 224 Å². The van der Waals surface area contributed by atoms with E-state index in [0.29, 0.717) is 54.9 Å². The van der Waals surface area contributed by atoms with Gasteiger partial charge in [-0.15, -0.1) is 0 Å². The lowest BCUT2D eigenvalue weighted by Crippen LogP contribution is -2.62. The van der Waals surface area contributed by atoms with Crippen molar-refractivity contribution in [2.24, 2.45) is 52.3 Å². The number of amides is 2. The SMILES string of the molecule is CC[C@H]1[C@@H](O)[C@@H]2[C@H](CC[C@]3(C)[C@@H]([C@H](C)CCNC(=O)NS(=O)(=O)C4CC4)CC[C@@H]23)[C@@]2(C)CC[C@@H](O)C[C@@H]12. The summed E-state index contributed by atoms with van der Waals surface area (Å²) in [6, 6.07) is -0.605. The Hall–Kier alpha value is -0.860. The van der Waals surface area contributed by atoms with Gasteiger partial charge in [-0.3, -0.25) is 0 Å². The van der Waals surface area contributed by atoms with Gasteiger partial charge in [0.25, 0.3) is 0 Å². The highest BCUT2D eigenvalue weighted by atomic mass is 32.2. The Morgan fingerprint density at radius 2 is 1.65 bits per heavy atom. The van der Waals surface area contributed by atoms with Gasteiger partial charge >= 0.3 is 6.03 Å². The van der Waals surface area contributed by atoms with Crippen LogP contribution in [0.5, 0.6) is 0 Å². The van der Waals surface area contributed by atoms with Crippen molar-refractivity contribution in [2.75, 3.05) is 6.54 Å². The molecule has 0 spiro atoms. The van der Waals surface area contributed by atoms with Crippen molar-refractivity contribution in [3.63, 3.8) is 0 Å². The molecule has 7 nitrogen and oxygen atoms in total. The molecule has 5 saturated carbocycles. The number of fused-ring (bicyclic) bond motifs is 5. The second-order valence-corrected chi connectivity index (χ2v) is 16.0. The average Bonchev–Trinajstić information content (AvgIpc) is 3.63.